The van der Waals surface area contributed by atoms with E-state index in [-0.39, 0.29) is 19.4 Å². The van der Waals surface area contributed by atoms with Crippen LogP contribution in [0.5, 0.6) is 5.75 Å². The van der Waals surface area contributed by atoms with Crippen LogP contribution in [-0.2, 0) is 6.42 Å². The number of rotatable bonds is 8. The Balaban J connectivity index is 2.34. The summed E-state index contributed by atoms with van der Waals surface area (Å²) in [5, 5.41) is 11.5. The fourth-order valence-corrected chi connectivity index (χ4v) is 1.86. The van der Waals surface area contributed by atoms with Crippen LogP contribution < -0.4 is 10.1 Å². The Kier molecular flexibility index (Phi) is 7.50. The first kappa shape index (κ1) is 16.3. The fourth-order valence-electron chi connectivity index (χ4n) is 1.86. The number of aliphatic hydroxyl groups is 1. The Morgan fingerprint density at radius 2 is 2.00 bits per heavy atom. The minimum atomic E-state index is -0.232. The lowest BCUT2D eigenvalue weighted by Gasteiger charge is -2.20. The highest BCUT2D eigenvalue weighted by molar-refractivity contribution is 5.73. The molecule has 2 amide bonds. The number of carbonyl (C=O) groups excluding carboxylic acids is 1. The maximum absolute atomic E-state index is 11.7. The molecule has 0 aliphatic heterocycles. The van der Waals surface area contributed by atoms with Crippen LogP contribution in [0.15, 0.2) is 24.3 Å². The number of nitrogens with one attached hydrogen (secondary N) is 1. The highest BCUT2D eigenvalue weighted by Gasteiger charge is 2.09. The van der Waals surface area contributed by atoms with Gasteiger partial charge in [0, 0.05) is 13.1 Å². The van der Waals surface area contributed by atoms with E-state index in [9.17, 15) is 4.79 Å². The number of hydrogen-bond donors (Lipinski definition) is 2. The van der Waals surface area contributed by atoms with Crippen LogP contribution in [0.2, 0.25) is 0 Å². The quantitative estimate of drug-likeness (QED) is 0.716. The monoisotopic (exact) mass is 280 g/mol. The van der Waals surface area contributed by atoms with Gasteiger partial charge >= 0.3 is 6.03 Å². The van der Waals surface area contributed by atoms with Crippen LogP contribution in [-0.4, -0.2) is 42.5 Å². The molecule has 2 N–H and O–H groups in total. The first-order valence-corrected chi connectivity index (χ1v) is 7.06. The first-order chi connectivity index (χ1) is 9.71. The molecule has 1 aromatic rings. The minimum absolute atomic E-state index is 0.0407. The third kappa shape index (κ3) is 5.48. The van der Waals surface area contributed by atoms with Crippen molar-refractivity contribution in [3.8, 4) is 5.75 Å². The number of carbonyl (C=O) groups is 1. The molecule has 0 fully saturated rings. The van der Waals surface area contributed by atoms with E-state index >= 15 is 0 Å². The van der Waals surface area contributed by atoms with Crippen LogP contribution in [0.25, 0.3) is 0 Å². The van der Waals surface area contributed by atoms with Gasteiger partial charge in [-0.2, -0.15) is 0 Å². The number of amides is 2. The number of benzene rings is 1. The van der Waals surface area contributed by atoms with Gasteiger partial charge in [-0.1, -0.05) is 25.5 Å². The molecule has 0 heterocycles. The summed E-state index contributed by atoms with van der Waals surface area (Å²) in [6.45, 7) is 4.97. The molecular formula is C15H24N2O3. The third-order valence-corrected chi connectivity index (χ3v) is 2.96. The van der Waals surface area contributed by atoms with Crippen molar-refractivity contribution in [2.75, 3.05) is 26.4 Å². The summed E-state index contributed by atoms with van der Waals surface area (Å²) in [4.78, 5) is 13.2. The average molecular weight is 280 g/mol. The van der Waals surface area contributed by atoms with Crippen molar-refractivity contribution < 1.29 is 14.6 Å². The minimum Gasteiger partial charge on any atom is -0.473 e. The van der Waals surface area contributed by atoms with Crippen LogP contribution in [0.3, 0.4) is 0 Å². The van der Waals surface area contributed by atoms with Gasteiger partial charge in [0.1, 0.15) is 5.75 Å². The van der Waals surface area contributed by atoms with E-state index in [1.807, 2.05) is 31.2 Å². The second-order valence-corrected chi connectivity index (χ2v) is 4.47. The molecule has 0 saturated carbocycles. The van der Waals surface area contributed by atoms with Gasteiger partial charge in [0.2, 0.25) is 0 Å². The molecule has 0 unspecified atom stereocenters. The van der Waals surface area contributed by atoms with Crippen molar-refractivity contribution in [3.63, 3.8) is 0 Å². The SMILES string of the molecule is CCCc1ccc(OCNC(=O)N(CC)CCO)cc1. The van der Waals surface area contributed by atoms with Crippen molar-refractivity contribution >= 4 is 6.03 Å². The van der Waals surface area contributed by atoms with E-state index in [1.165, 1.54) is 10.5 Å². The van der Waals surface area contributed by atoms with Crippen molar-refractivity contribution in [1.29, 1.82) is 0 Å². The van der Waals surface area contributed by atoms with Gasteiger partial charge in [0.25, 0.3) is 0 Å². The second-order valence-electron chi connectivity index (χ2n) is 4.47. The van der Waals surface area contributed by atoms with Crippen LogP contribution in [0.1, 0.15) is 25.8 Å². The maximum Gasteiger partial charge on any atom is 0.320 e. The van der Waals surface area contributed by atoms with E-state index < -0.39 is 0 Å². The van der Waals surface area contributed by atoms with Crippen molar-refractivity contribution in [2.45, 2.75) is 26.7 Å². The first-order valence-electron chi connectivity index (χ1n) is 7.06. The van der Waals surface area contributed by atoms with E-state index in [4.69, 9.17) is 9.84 Å². The number of nitrogens with zero attached hydrogens (tertiary/aromatic N) is 1. The molecule has 0 saturated heterocycles. The summed E-state index contributed by atoms with van der Waals surface area (Å²) in [5.41, 5.74) is 1.28. The van der Waals surface area contributed by atoms with Crippen LogP contribution in [0, 0.1) is 0 Å². The second kappa shape index (κ2) is 9.20. The Labute approximate surface area is 120 Å². The zero-order valence-corrected chi connectivity index (χ0v) is 12.3. The topological polar surface area (TPSA) is 61.8 Å². The smallest absolute Gasteiger partial charge is 0.320 e. The number of ether oxygens (including phenoxy) is 1. The summed E-state index contributed by atoms with van der Waals surface area (Å²) >= 11 is 0. The molecule has 0 aliphatic rings. The molecule has 112 valence electrons. The largest absolute Gasteiger partial charge is 0.473 e. The van der Waals surface area contributed by atoms with Gasteiger partial charge in [-0.05, 0) is 31.0 Å². The predicted molar refractivity (Wildman–Crippen MR) is 78.8 cm³/mol. The van der Waals surface area contributed by atoms with Crippen LogP contribution in [0.4, 0.5) is 4.79 Å². The molecule has 0 bridgehead atoms. The van der Waals surface area contributed by atoms with Gasteiger partial charge in [-0.3, -0.25) is 0 Å². The molecule has 5 heteroatoms. The van der Waals surface area contributed by atoms with Crippen molar-refractivity contribution in [3.05, 3.63) is 29.8 Å². The zero-order valence-electron chi connectivity index (χ0n) is 12.3. The normalized spacial score (nSPS) is 10.2. The van der Waals surface area contributed by atoms with Gasteiger partial charge in [0.05, 0.1) is 6.61 Å². The van der Waals surface area contributed by atoms with E-state index in [0.29, 0.717) is 13.1 Å². The summed E-state index contributed by atoms with van der Waals surface area (Å²) in [6, 6.07) is 7.64. The molecule has 0 spiro atoms. The lowest BCUT2D eigenvalue weighted by Crippen LogP contribution is -2.42. The molecule has 0 radical (unpaired) electrons. The Bertz CT molecular complexity index is 393. The van der Waals surface area contributed by atoms with Gasteiger partial charge < -0.3 is 20.1 Å². The summed E-state index contributed by atoms with van der Waals surface area (Å²) in [5.74, 6) is 0.732. The van der Waals surface area contributed by atoms with Gasteiger partial charge in [0.15, 0.2) is 6.73 Å². The number of aliphatic hydroxyl groups excluding tert-OH is 1. The van der Waals surface area contributed by atoms with Gasteiger partial charge in [-0.25, -0.2) is 4.79 Å². The van der Waals surface area contributed by atoms with E-state index in [1.54, 1.807) is 0 Å². The Hall–Kier alpha value is -1.75. The molecule has 0 aliphatic carbocycles. The predicted octanol–water partition coefficient (Wildman–Crippen LogP) is 2.00. The number of urea groups is 1. The fraction of sp³-hybridized carbons (Fsp3) is 0.533. The highest BCUT2D eigenvalue weighted by atomic mass is 16.5. The Morgan fingerprint density at radius 3 is 2.55 bits per heavy atom. The summed E-state index contributed by atoms with van der Waals surface area (Å²) < 4.78 is 5.46. The summed E-state index contributed by atoms with van der Waals surface area (Å²) in [7, 11) is 0. The van der Waals surface area contributed by atoms with Crippen molar-refractivity contribution in [1.82, 2.24) is 10.2 Å². The molecule has 5 nitrogen and oxygen atoms in total. The van der Waals surface area contributed by atoms with Crippen LogP contribution >= 0.6 is 0 Å². The highest BCUT2D eigenvalue weighted by Crippen LogP contribution is 2.12. The van der Waals surface area contributed by atoms with Gasteiger partial charge in [-0.15, -0.1) is 0 Å². The molecule has 1 aromatic carbocycles. The lowest BCUT2D eigenvalue weighted by atomic mass is 10.1. The number of aryl methyl sites for hydroxylation is 1. The molecule has 20 heavy (non-hydrogen) atoms. The molecule has 0 aromatic heterocycles. The maximum atomic E-state index is 11.7. The molecule has 0 atom stereocenters. The number of hydrogen-bond acceptors (Lipinski definition) is 3. The lowest BCUT2D eigenvalue weighted by molar-refractivity contribution is 0.170. The molecule has 1 rings (SSSR count). The zero-order chi connectivity index (χ0) is 14.8. The standard InChI is InChI=1S/C15H24N2O3/c1-3-5-13-6-8-14(9-7-13)20-12-16-15(19)17(4-2)10-11-18/h6-9,18H,3-5,10-12H2,1-2H3,(H,16,19). The molecular weight excluding hydrogens is 256 g/mol. The van der Waals surface area contributed by atoms with E-state index in [2.05, 4.69) is 12.2 Å². The van der Waals surface area contributed by atoms with Crippen molar-refractivity contribution in [2.24, 2.45) is 0 Å². The summed E-state index contributed by atoms with van der Waals surface area (Å²) in [6.07, 6.45) is 2.18. The number of likely N-dealkylation sites (N-methyl/N-ethyl adjacent to an activating group) is 1. The average Bonchev–Trinajstić information content (AvgIpc) is 2.46. The third-order valence-electron chi connectivity index (χ3n) is 2.96. The Morgan fingerprint density at radius 1 is 1.30 bits per heavy atom. The van der Waals surface area contributed by atoms with E-state index in [0.717, 1.165) is 18.6 Å².